The number of rotatable bonds is 3. The van der Waals surface area contributed by atoms with Crippen molar-refractivity contribution < 1.29 is 14.3 Å². The quantitative estimate of drug-likeness (QED) is 0.860. The number of hydrogen-bond acceptors (Lipinski definition) is 5. The standard InChI is InChI=1S/C17H20N4O3/c1-3-21-17(18-16(19-21)12-6-7-23-9-12)11-4-5-14-13(8-11)20(2)15(22)10-24-14/h4-5,8,12H,3,6-7,9-10H2,1-2H3/t12-/m1/s1. The Bertz CT molecular complexity index is 780. The second-order valence-corrected chi connectivity index (χ2v) is 6.09. The van der Waals surface area contributed by atoms with E-state index in [0.717, 1.165) is 42.5 Å². The molecule has 24 heavy (non-hydrogen) atoms. The average molecular weight is 328 g/mol. The van der Waals surface area contributed by atoms with E-state index in [1.54, 1.807) is 11.9 Å². The third kappa shape index (κ3) is 2.45. The molecular formula is C17H20N4O3. The van der Waals surface area contributed by atoms with E-state index in [-0.39, 0.29) is 18.4 Å². The third-order valence-corrected chi connectivity index (χ3v) is 4.59. The maximum atomic E-state index is 11.9. The molecule has 1 aromatic heterocycles. The lowest BCUT2D eigenvalue weighted by Gasteiger charge is -2.26. The monoisotopic (exact) mass is 328 g/mol. The number of likely N-dealkylation sites (N-methyl/N-ethyl adjacent to an activating group) is 1. The van der Waals surface area contributed by atoms with Crippen LogP contribution in [0.4, 0.5) is 5.69 Å². The molecule has 0 aliphatic carbocycles. The van der Waals surface area contributed by atoms with E-state index in [0.29, 0.717) is 12.4 Å². The van der Waals surface area contributed by atoms with Crippen LogP contribution in [0.2, 0.25) is 0 Å². The number of carbonyl (C=O) groups is 1. The summed E-state index contributed by atoms with van der Waals surface area (Å²) < 4.78 is 12.8. The fourth-order valence-corrected chi connectivity index (χ4v) is 3.12. The van der Waals surface area contributed by atoms with Gasteiger partial charge in [0.25, 0.3) is 5.91 Å². The van der Waals surface area contributed by atoms with Gasteiger partial charge in [-0.1, -0.05) is 0 Å². The average Bonchev–Trinajstić information content (AvgIpc) is 3.27. The predicted molar refractivity (Wildman–Crippen MR) is 88.2 cm³/mol. The number of hydrogen-bond donors (Lipinski definition) is 0. The van der Waals surface area contributed by atoms with Crippen LogP contribution >= 0.6 is 0 Å². The van der Waals surface area contributed by atoms with E-state index < -0.39 is 0 Å². The molecule has 4 rings (SSSR count). The van der Waals surface area contributed by atoms with Gasteiger partial charge >= 0.3 is 0 Å². The molecule has 1 amide bonds. The number of aryl methyl sites for hydroxylation is 1. The Balaban J connectivity index is 1.74. The van der Waals surface area contributed by atoms with E-state index in [1.165, 1.54) is 0 Å². The van der Waals surface area contributed by atoms with Crippen LogP contribution in [0.5, 0.6) is 5.75 Å². The van der Waals surface area contributed by atoms with Crippen molar-refractivity contribution in [2.75, 3.05) is 31.8 Å². The van der Waals surface area contributed by atoms with Crippen molar-refractivity contribution in [3.05, 3.63) is 24.0 Å². The minimum atomic E-state index is -0.0552. The lowest BCUT2D eigenvalue weighted by molar-refractivity contribution is -0.120. The number of nitrogens with zero attached hydrogens (tertiary/aromatic N) is 4. The Kier molecular flexibility index (Phi) is 3.72. The summed E-state index contributed by atoms with van der Waals surface area (Å²) in [4.78, 5) is 18.2. The summed E-state index contributed by atoms with van der Waals surface area (Å²) in [6.07, 6.45) is 0.961. The molecule has 7 heteroatoms. The molecule has 0 unspecified atom stereocenters. The minimum absolute atomic E-state index is 0.0552. The van der Waals surface area contributed by atoms with Crippen molar-refractivity contribution in [2.24, 2.45) is 0 Å². The molecule has 7 nitrogen and oxygen atoms in total. The minimum Gasteiger partial charge on any atom is -0.482 e. The molecule has 3 heterocycles. The maximum Gasteiger partial charge on any atom is 0.264 e. The second kappa shape index (κ2) is 5.90. The van der Waals surface area contributed by atoms with Gasteiger partial charge in [0.15, 0.2) is 18.3 Å². The van der Waals surface area contributed by atoms with Crippen molar-refractivity contribution in [3.63, 3.8) is 0 Å². The molecule has 0 bridgehead atoms. The van der Waals surface area contributed by atoms with Gasteiger partial charge in [-0.15, -0.1) is 0 Å². The summed E-state index contributed by atoms with van der Waals surface area (Å²) in [5.41, 5.74) is 1.69. The Morgan fingerprint density at radius 1 is 1.38 bits per heavy atom. The van der Waals surface area contributed by atoms with Crippen LogP contribution in [0.25, 0.3) is 11.4 Å². The van der Waals surface area contributed by atoms with Crippen molar-refractivity contribution in [1.82, 2.24) is 14.8 Å². The molecule has 2 aliphatic rings. The number of fused-ring (bicyclic) bond motifs is 1. The molecule has 1 fully saturated rings. The van der Waals surface area contributed by atoms with E-state index in [2.05, 4.69) is 5.10 Å². The van der Waals surface area contributed by atoms with Crippen molar-refractivity contribution in [3.8, 4) is 17.1 Å². The van der Waals surface area contributed by atoms with E-state index in [9.17, 15) is 4.79 Å². The smallest absolute Gasteiger partial charge is 0.264 e. The van der Waals surface area contributed by atoms with Crippen LogP contribution in [-0.2, 0) is 16.1 Å². The summed E-state index contributed by atoms with van der Waals surface area (Å²) in [6.45, 7) is 4.31. The first-order chi connectivity index (χ1) is 11.7. The first kappa shape index (κ1) is 15.1. The molecule has 0 spiro atoms. The molecular weight excluding hydrogens is 308 g/mol. The largest absolute Gasteiger partial charge is 0.482 e. The van der Waals surface area contributed by atoms with Crippen LogP contribution < -0.4 is 9.64 Å². The number of ether oxygens (including phenoxy) is 2. The first-order valence-corrected chi connectivity index (χ1v) is 8.23. The zero-order valence-corrected chi connectivity index (χ0v) is 13.9. The molecule has 0 N–H and O–H groups in total. The summed E-state index contributed by atoms with van der Waals surface area (Å²) in [5.74, 6) is 2.58. The molecule has 2 aliphatic heterocycles. The molecule has 1 atom stereocenters. The molecule has 0 saturated carbocycles. The van der Waals surface area contributed by atoms with Crippen LogP contribution in [0.3, 0.4) is 0 Å². The van der Waals surface area contributed by atoms with Gasteiger partial charge in [-0.2, -0.15) is 5.10 Å². The Hall–Kier alpha value is -2.41. The van der Waals surface area contributed by atoms with Gasteiger partial charge in [0, 0.05) is 31.7 Å². The van der Waals surface area contributed by atoms with E-state index in [1.807, 2.05) is 29.8 Å². The van der Waals surface area contributed by atoms with Gasteiger partial charge < -0.3 is 14.4 Å². The third-order valence-electron chi connectivity index (χ3n) is 4.59. The summed E-state index contributed by atoms with van der Waals surface area (Å²) in [7, 11) is 1.76. The molecule has 0 radical (unpaired) electrons. The van der Waals surface area contributed by atoms with Crippen LogP contribution in [0.1, 0.15) is 25.1 Å². The number of amides is 1. The summed E-state index contributed by atoms with van der Waals surface area (Å²) in [5, 5.41) is 4.65. The van der Waals surface area contributed by atoms with Gasteiger partial charge in [-0.05, 0) is 31.5 Å². The molecule has 1 aromatic carbocycles. The van der Waals surface area contributed by atoms with E-state index in [4.69, 9.17) is 14.5 Å². The van der Waals surface area contributed by atoms with Crippen molar-refractivity contribution in [1.29, 1.82) is 0 Å². The number of benzene rings is 1. The number of carbonyl (C=O) groups excluding carboxylic acids is 1. The Labute approximate surface area is 140 Å². The molecule has 126 valence electrons. The topological polar surface area (TPSA) is 69.5 Å². The molecule has 2 aromatic rings. The maximum absolute atomic E-state index is 11.9. The van der Waals surface area contributed by atoms with Gasteiger partial charge in [0.1, 0.15) is 5.75 Å². The van der Waals surface area contributed by atoms with Gasteiger partial charge in [-0.25, -0.2) is 9.67 Å². The number of aromatic nitrogens is 3. The highest BCUT2D eigenvalue weighted by Gasteiger charge is 2.26. The number of anilines is 1. The van der Waals surface area contributed by atoms with Crippen molar-refractivity contribution >= 4 is 11.6 Å². The van der Waals surface area contributed by atoms with E-state index >= 15 is 0 Å². The molecule has 1 saturated heterocycles. The summed E-state index contributed by atoms with van der Waals surface area (Å²) in [6, 6.07) is 5.80. The van der Waals surface area contributed by atoms with Crippen LogP contribution in [-0.4, -0.2) is 47.5 Å². The van der Waals surface area contributed by atoms with Crippen LogP contribution in [0, 0.1) is 0 Å². The first-order valence-electron chi connectivity index (χ1n) is 8.23. The second-order valence-electron chi connectivity index (χ2n) is 6.09. The van der Waals surface area contributed by atoms with Crippen LogP contribution in [0.15, 0.2) is 18.2 Å². The van der Waals surface area contributed by atoms with Crippen molar-refractivity contribution in [2.45, 2.75) is 25.8 Å². The highest BCUT2D eigenvalue weighted by atomic mass is 16.5. The van der Waals surface area contributed by atoms with Gasteiger partial charge in [-0.3, -0.25) is 4.79 Å². The fraction of sp³-hybridized carbons (Fsp3) is 0.471. The Morgan fingerprint density at radius 3 is 3.00 bits per heavy atom. The van der Waals surface area contributed by atoms with Gasteiger partial charge in [0.2, 0.25) is 0 Å². The highest BCUT2D eigenvalue weighted by Crippen LogP contribution is 2.35. The summed E-state index contributed by atoms with van der Waals surface area (Å²) >= 11 is 0. The lowest BCUT2D eigenvalue weighted by Crippen LogP contribution is -2.35. The fourth-order valence-electron chi connectivity index (χ4n) is 3.12. The SMILES string of the molecule is CCn1nc([C@@H]2CCOC2)nc1-c1ccc2c(c1)N(C)C(=O)CO2. The lowest BCUT2D eigenvalue weighted by atomic mass is 10.1. The van der Waals surface area contributed by atoms with Gasteiger partial charge in [0.05, 0.1) is 12.3 Å². The predicted octanol–water partition coefficient (Wildman–Crippen LogP) is 1.82. The Morgan fingerprint density at radius 2 is 2.25 bits per heavy atom. The highest BCUT2D eigenvalue weighted by molar-refractivity contribution is 5.98. The normalized spacial score (nSPS) is 20.2. The zero-order chi connectivity index (χ0) is 16.7. The zero-order valence-electron chi connectivity index (χ0n) is 13.9.